The molecule has 0 aromatic heterocycles. The van der Waals surface area contributed by atoms with E-state index in [1.807, 2.05) is 0 Å². The van der Waals surface area contributed by atoms with Crippen LogP contribution in [-0.2, 0) is 4.74 Å². The van der Waals surface area contributed by atoms with Gasteiger partial charge in [-0.05, 0) is 31.6 Å². The minimum atomic E-state index is 0.693. The van der Waals surface area contributed by atoms with Crippen LogP contribution >= 0.6 is 0 Å². The molecule has 0 aromatic carbocycles. The van der Waals surface area contributed by atoms with E-state index in [1.54, 1.807) is 0 Å². The average Bonchev–Trinajstić information content (AvgIpc) is 3.01. The van der Waals surface area contributed by atoms with Gasteiger partial charge in [0.15, 0.2) is 0 Å². The third kappa shape index (κ3) is 3.14. The molecule has 3 rings (SSSR count). The number of piperazine rings is 1. The standard InChI is InChI=1S/C16H30N2O/c1-2-14-10-17-16(13-6-4-3-5-7-13)11-18(14)15-8-9-19-12-15/h13-17H,2-12H2,1H3. The Morgan fingerprint density at radius 3 is 2.68 bits per heavy atom. The van der Waals surface area contributed by atoms with Crippen LogP contribution in [0, 0.1) is 5.92 Å². The Bertz CT molecular complexity index is 270. The number of hydrogen-bond donors (Lipinski definition) is 1. The highest BCUT2D eigenvalue weighted by Gasteiger charge is 2.36. The van der Waals surface area contributed by atoms with E-state index in [4.69, 9.17) is 4.74 Å². The fourth-order valence-electron chi connectivity index (χ4n) is 4.31. The summed E-state index contributed by atoms with van der Waals surface area (Å²) < 4.78 is 5.62. The molecule has 0 radical (unpaired) electrons. The maximum absolute atomic E-state index is 5.62. The van der Waals surface area contributed by atoms with Crippen molar-refractivity contribution in [3.05, 3.63) is 0 Å². The van der Waals surface area contributed by atoms with Crippen molar-refractivity contribution in [2.24, 2.45) is 5.92 Å². The van der Waals surface area contributed by atoms with Gasteiger partial charge in [-0.15, -0.1) is 0 Å². The summed E-state index contributed by atoms with van der Waals surface area (Å²) in [5.41, 5.74) is 0. The zero-order valence-corrected chi connectivity index (χ0v) is 12.4. The first kappa shape index (κ1) is 13.8. The van der Waals surface area contributed by atoms with Crippen molar-refractivity contribution in [3.63, 3.8) is 0 Å². The average molecular weight is 266 g/mol. The summed E-state index contributed by atoms with van der Waals surface area (Å²) in [6.45, 7) is 6.72. The fourth-order valence-corrected chi connectivity index (χ4v) is 4.31. The minimum Gasteiger partial charge on any atom is -0.380 e. The molecular formula is C16H30N2O. The third-order valence-corrected chi connectivity index (χ3v) is 5.56. The molecule has 1 aliphatic carbocycles. The van der Waals surface area contributed by atoms with Crippen molar-refractivity contribution in [2.45, 2.75) is 70.0 Å². The molecule has 0 spiro atoms. The molecule has 110 valence electrons. The topological polar surface area (TPSA) is 24.5 Å². The second-order valence-corrected chi connectivity index (χ2v) is 6.69. The maximum Gasteiger partial charge on any atom is 0.0622 e. The first-order valence-electron chi connectivity index (χ1n) is 8.45. The normalized spacial score (nSPS) is 38.7. The van der Waals surface area contributed by atoms with Gasteiger partial charge < -0.3 is 10.1 Å². The number of rotatable bonds is 3. The van der Waals surface area contributed by atoms with Gasteiger partial charge in [-0.1, -0.05) is 26.2 Å². The Balaban J connectivity index is 1.62. The van der Waals surface area contributed by atoms with Crippen molar-refractivity contribution in [3.8, 4) is 0 Å². The predicted octanol–water partition coefficient (Wildman–Crippen LogP) is 2.41. The van der Waals surface area contributed by atoms with Crippen LogP contribution in [0.25, 0.3) is 0 Å². The molecule has 3 fully saturated rings. The van der Waals surface area contributed by atoms with E-state index in [-0.39, 0.29) is 0 Å². The fraction of sp³-hybridized carbons (Fsp3) is 1.00. The Morgan fingerprint density at radius 1 is 1.16 bits per heavy atom. The molecule has 1 N–H and O–H groups in total. The molecule has 3 aliphatic rings. The Morgan fingerprint density at radius 2 is 2.00 bits per heavy atom. The van der Waals surface area contributed by atoms with Crippen molar-refractivity contribution >= 4 is 0 Å². The molecule has 3 nitrogen and oxygen atoms in total. The second-order valence-electron chi connectivity index (χ2n) is 6.69. The van der Waals surface area contributed by atoms with Crippen LogP contribution in [0.15, 0.2) is 0 Å². The van der Waals surface area contributed by atoms with E-state index in [2.05, 4.69) is 17.1 Å². The van der Waals surface area contributed by atoms with Crippen LogP contribution in [0.4, 0.5) is 0 Å². The monoisotopic (exact) mass is 266 g/mol. The van der Waals surface area contributed by atoms with E-state index >= 15 is 0 Å². The van der Waals surface area contributed by atoms with Gasteiger partial charge >= 0.3 is 0 Å². The predicted molar refractivity (Wildman–Crippen MR) is 78.4 cm³/mol. The molecule has 0 aromatic rings. The number of ether oxygens (including phenoxy) is 1. The summed E-state index contributed by atoms with van der Waals surface area (Å²) in [5.74, 6) is 0.927. The van der Waals surface area contributed by atoms with Gasteiger partial charge in [0.2, 0.25) is 0 Å². The second kappa shape index (κ2) is 6.55. The summed E-state index contributed by atoms with van der Waals surface area (Å²) in [6, 6.07) is 2.16. The highest BCUT2D eigenvalue weighted by molar-refractivity contribution is 4.93. The number of nitrogens with zero attached hydrogens (tertiary/aromatic N) is 1. The minimum absolute atomic E-state index is 0.693. The van der Waals surface area contributed by atoms with Crippen LogP contribution in [0.3, 0.4) is 0 Å². The van der Waals surface area contributed by atoms with Crippen molar-refractivity contribution in [1.82, 2.24) is 10.2 Å². The number of nitrogens with one attached hydrogen (secondary N) is 1. The lowest BCUT2D eigenvalue weighted by atomic mass is 9.82. The van der Waals surface area contributed by atoms with Gasteiger partial charge in [0.25, 0.3) is 0 Å². The summed E-state index contributed by atoms with van der Waals surface area (Å²) >= 11 is 0. The lowest BCUT2D eigenvalue weighted by molar-refractivity contribution is 0.0489. The van der Waals surface area contributed by atoms with Crippen LogP contribution in [-0.4, -0.2) is 49.3 Å². The molecule has 3 unspecified atom stereocenters. The van der Waals surface area contributed by atoms with Gasteiger partial charge in [-0.25, -0.2) is 0 Å². The van der Waals surface area contributed by atoms with Crippen molar-refractivity contribution in [2.75, 3.05) is 26.3 Å². The lowest BCUT2D eigenvalue weighted by Crippen LogP contribution is -2.61. The Kier molecular flexibility index (Phi) is 4.78. The van der Waals surface area contributed by atoms with E-state index in [0.29, 0.717) is 6.04 Å². The first-order valence-corrected chi connectivity index (χ1v) is 8.45. The molecule has 1 saturated carbocycles. The van der Waals surface area contributed by atoms with Crippen LogP contribution in [0.5, 0.6) is 0 Å². The molecule has 2 aliphatic heterocycles. The lowest BCUT2D eigenvalue weighted by Gasteiger charge is -2.46. The van der Waals surface area contributed by atoms with Crippen molar-refractivity contribution < 1.29 is 4.74 Å². The Labute approximate surface area is 118 Å². The molecule has 0 amide bonds. The summed E-state index contributed by atoms with van der Waals surface area (Å²) in [4.78, 5) is 2.78. The maximum atomic E-state index is 5.62. The third-order valence-electron chi connectivity index (χ3n) is 5.56. The highest BCUT2D eigenvalue weighted by atomic mass is 16.5. The van der Waals surface area contributed by atoms with Gasteiger partial charge in [-0.2, -0.15) is 0 Å². The van der Waals surface area contributed by atoms with Gasteiger partial charge in [-0.3, -0.25) is 4.90 Å². The Hall–Kier alpha value is -0.120. The van der Waals surface area contributed by atoms with E-state index in [9.17, 15) is 0 Å². The molecule has 3 heteroatoms. The number of hydrogen-bond acceptors (Lipinski definition) is 3. The van der Waals surface area contributed by atoms with Crippen LogP contribution in [0.2, 0.25) is 0 Å². The largest absolute Gasteiger partial charge is 0.380 e. The quantitative estimate of drug-likeness (QED) is 0.849. The molecule has 3 atom stereocenters. The summed E-state index contributed by atoms with van der Waals surface area (Å²) in [6.07, 6.45) is 9.77. The summed E-state index contributed by atoms with van der Waals surface area (Å²) in [7, 11) is 0. The van der Waals surface area contributed by atoms with E-state index < -0.39 is 0 Å². The first-order chi connectivity index (χ1) is 9.38. The summed E-state index contributed by atoms with van der Waals surface area (Å²) in [5, 5.41) is 3.86. The SMILES string of the molecule is CCC1CNC(C2CCCCC2)CN1C1CCOC1. The van der Waals surface area contributed by atoms with Crippen LogP contribution in [0.1, 0.15) is 51.9 Å². The van der Waals surface area contributed by atoms with Gasteiger partial charge in [0, 0.05) is 37.8 Å². The molecule has 2 heterocycles. The van der Waals surface area contributed by atoms with Gasteiger partial charge in [0.1, 0.15) is 0 Å². The van der Waals surface area contributed by atoms with E-state index in [1.165, 1.54) is 58.0 Å². The molecule has 2 saturated heterocycles. The highest BCUT2D eigenvalue weighted by Crippen LogP contribution is 2.30. The van der Waals surface area contributed by atoms with E-state index in [0.717, 1.165) is 31.2 Å². The zero-order chi connectivity index (χ0) is 13.1. The zero-order valence-electron chi connectivity index (χ0n) is 12.4. The van der Waals surface area contributed by atoms with Crippen molar-refractivity contribution in [1.29, 1.82) is 0 Å². The molecule has 0 bridgehead atoms. The van der Waals surface area contributed by atoms with Gasteiger partial charge in [0.05, 0.1) is 6.61 Å². The van der Waals surface area contributed by atoms with Crippen LogP contribution < -0.4 is 5.32 Å². The molecule has 19 heavy (non-hydrogen) atoms. The smallest absolute Gasteiger partial charge is 0.0622 e. The molecular weight excluding hydrogens is 236 g/mol.